The topological polar surface area (TPSA) is 283 Å². The van der Waals surface area contributed by atoms with E-state index in [1.54, 1.807) is 0 Å². The van der Waals surface area contributed by atoms with Crippen LogP contribution in [0.25, 0.3) is 11.1 Å². The molecule has 0 bridgehead atoms. The van der Waals surface area contributed by atoms with Crippen molar-refractivity contribution in [2.45, 2.75) is 97.4 Å². The van der Waals surface area contributed by atoms with E-state index >= 15 is 0 Å². The lowest BCUT2D eigenvalue weighted by molar-refractivity contribution is -0.317. The number of nitrogens with one attached hydrogen (secondary N) is 1. The van der Waals surface area contributed by atoms with E-state index in [0.29, 0.717) is 0 Å². The Hall–Kier alpha value is -6.90. The molecule has 0 saturated carbocycles. The summed E-state index contributed by atoms with van der Waals surface area (Å²) in [5.74, 6) is -9.44. The molecule has 6 rings (SSSR count). The third kappa shape index (κ3) is 8.27. The van der Waals surface area contributed by atoms with Gasteiger partial charge in [0, 0.05) is 56.0 Å². The molecule has 1 amide bonds. The highest BCUT2D eigenvalue weighted by molar-refractivity contribution is 6.31. The molecule has 3 aliphatic rings. The molecule has 0 unspecified atom stereocenters. The fraction of sp³-hybridized carbons (Fsp3) is 0.395. The van der Waals surface area contributed by atoms with Crippen molar-refractivity contribution in [2.75, 3.05) is 14.2 Å². The van der Waals surface area contributed by atoms with Gasteiger partial charge in [-0.3, -0.25) is 33.6 Å². The Bertz CT molecular complexity index is 2490. The number of hydrogen-bond acceptors (Lipinski definition) is 19. The molecular weight excluding hydrogens is 834 g/mol. The largest absolute Gasteiger partial charge is 0.507 e. The molecule has 0 spiro atoms. The van der Waals surface area contributed by atoms with Crippen molar-refractivity contribution in [3.8, 4) is 34.1 Å². The van der Waals surface area contributed by atoms with Gasteiger partial charge in [-0.05, 0) is 49.6 Å². The first-order chi connectivity index (χ1) is 29.6. The Kier molecular flexibility index (Phi) is 12.6. The summed E-state index contributed by atoms with van der Waals surface area (Å²) in [5.41, 5.74) is -3.36. The van der Waals surface area contributed by atoms with Crippen molar-refractivity contribution in [1.29, 1.82) is 0 Å². The molecule has 1 aliphatic heterocycles. The van der Waals surface area contributed by atoms with Gasteiger partial charge < -0.3 is 58.5 Å². The van der Waals surface area contributed by atoms with Gasteiger partial charge >= 0.3 is 29.8 Å². The highest BCUT2D eigenvalue weighted by atomic mass is 16.7. The summed E-state index contributed by atoms with van der Waals surface area (Å²) in [7, 11) is 2.36. The van der Waals surface area contributed by atoms with Gasteiger partial charge in [-0.2, -0.15) is 0 Å². The van der Waals surface area contributed by atoms with Crippen LogP contribution in [0.4, 0.5) is 0 Å². The standard InChI is InChI=1S/C43H43NO19/c1-14-10-22-30(38(60-18(5)46)27(14)41(54)44-15(2)42(55)57-9)29-25(13-24-31(35(29)53)33(51)23-11-21(56-8)12-26(49)28(23)32(24)50)37(34(22)52)63-43-40(62-20(7)48)39(61-19(6)47)36(16(3)58-43)59-17(4)45/h10-13,15-16,34,36-37,39-40,43,49,52-53H,1-9H3,(H,44,54)/t15-,16-,34+,36+,37+,39+,40-,43+/m1/s1. The van der Waals surface area contributed by atoms with Crippen LogP contribution >= 0.6 is 0 Å². The highest BCUT2D eigenvalue weighted by Crippen LogP contribution is 2.57. The zero-order valence-electron chi connectivity index (χ0n) is 35.3. The first kappa shape index (κ1) is 45.6. The third-order valence-corrected chi connectivity index (χ3v) is 10.6. The summed E-state index contributed by atoms with van der Waals surface area (Å²) < 4.78 is 44.6. The average Bonchev–Trinajstić information content (AvgIpc) is 3.19. The van der Waals surface area contributed by atoms with E-state index in [2.05, 4.69) is 5.32 Å². The van der Waals surface area contributed by atoms with Crippen LogP contribution in [0, 0.1) is 6.92 Å². The van der Waals surface area contributed by atoms with E-state index in [-0.39, 0.29) is 39.1 Å². The number of carbonyl (C=O) groups is 8. The molecule has 3 aromatic carbocycles. The number of aromatic hydroxyl groups is 2. The number of aliphatic hydroxyl groups is 1. The van der Waals surface area contributed by atoms with Gasteiger partial charge in [0.2, 0.25) is 0 Å². The summed E-state index contributed by atoms with van der Waals surface area (Å²) in [5, 5.41) is 38.2. The lowest BCUT2D eigenvalue weighted by Crippen LogP contribution is -2.61. The number of benzene rings is 3. The van der Waals surface area contributed by atoms with E-state index in [1.165, 1.54) is 40.0 Å². The monoisotopic (exact) mass is 877 g/mol. The van der Waals surface area contributed by atoms with Gasteiger partial charge in [0.15, 0.2) is 41.9 Å². The Labute approximate surface area is 358 Å². The number of aliphatic hydroxyl groups excluding tert-OH is 1. The fourth-order valence-corrected chi connectivity index (χ4v) is 8.03. The minimum Gasteiger partial charge on any atom is -0.507 e. The number of hydrogen-bond donors (Lipinski definition) is 4. The number of phenolic OH excluding ortho intramolecular Hbond substituents is 2. The van der Waals surface area contributed by atoms with Crippen LogP contribution in [-0.2, 0) is 52.4 Å². The molecule has 4 N–H and O–H groups in total. The molecule has 20 nitrogen and oxygen atoms in total. The second-order valence-electron chi connectivity index (χ2n) is 14.9. The van der Waals surface area contributed by atoms with Crippen molar-refractivity contribution in [3.63, 3.8) is 0 Å². The number of phenols is 2. The summed E-state index contributed by atoms with van der Waals surface area (Å²) in [6.07, 6.45) is -11.3. The van der Waals surface area contributed by atoms with Crippen LogP contribution in [-0.4, -0.2) is 114 Å². The quantitative estimate of drug-likeness (QED) is 0.101. The number of rotatable bonds is 10. The zero-order valence-corrected chi connectivity index (χ0v) is 35.3. The third-order valence-electron chi connectivity index (χ3n) is 10.6. The number of ketones is 2. The maximum Gasteiger partial charge on any atom is 0.328 e. The Morgan fingerprint density at radius 2 is 1.33 bits per heavy atom. The zero-order chi connectivity index (χ0) is 46.5. The van der Waals surface area contributed by atoms with Crippen LogP contribution in [0.15, 0.2) is 24.3 Å². The van der Waals surface area contributed by atoms with Gasteiger partial charge in [0.25, 0.3) is 5.91 Å². The van der Waals surface area contributed by atoms with Gasteiger partial charge in [-0.1, -0.05) is 6.07 Å². The van der Waals surface area contributed by atoms with Gasteiger partial charge in [0.05, 0.1) is 37.0 Å². The maximum absolute atomic E-state index is 14.4. The minimum absolute atomic E-state index is 0.00766. The van der Waals surface area contributed by atoms with Crippen LogP contribution in [0.5, 0.6) is 23.0 Å². The van der Waals surface area contributed by atoms with Crippen LogP contribution < -0.4 is 14.8 Å². The maximum atomic E-state index is 14.4. The number of amides is 1. The van der Waals surface area contributed by atoms with E-state index in [4.69, 9.17) is 37.9 Å². The smallest absolute Gasteiger partial charge is 0.328 e. The molecule has 334 valence electrons. The predicted molar refractivity (Wildman–Crippen MR) is 210 cm³/mol. The number of ether oxygens (including phenoxy) is 8. The van der Waals surface area contributed by atoms with Crippen LogP contribution in [0.2, 0.25) is 0 Å². The molecule has 8 atom stereocenters. The van der Waals surface area contributed by atoms with E-state index in [0.717, 1.165) is 46.9 Å². The number of fused-ring (bicyclic) bond motifs is 5. The summed E-state index contributed by atoms with van der Waals surface area (Å²) in [6, 6.07) is 3.43. The molecule has 1 heterocycles. The van der Waals surface area contributed by atoms with Gasteiger partial charge in [-0.25, -0.2) is 4.79 Å². The van der Waals surface area contributed by atoms with Crippen molar-refractivity contribution in [3.05, 3.63) is 68.8 Å². The van der Waals surface area contributed by atoms with E-state index < -0.39 is 136 Å². The number of aryl methyl sites for hydroxylation is 1. The molecular formula is C43H43NO19. The normalized spacial score (nSPS) is 22.5. The van der Waals surface area contributed by atoms with Crippen LogP contribution in [0.3, 0.4) is 0 Å². The fourth-order valence-electron chi connectivity index (χ4n) is 8.03. The lowest BCUT2D eigenvalue weighted by Gasteiger charge is -2.45. The van der Waals surface area contributed by atoms with Gasteiger partial charge in [-0.15, -0.1) is 0 Å². The molecule has 1 saturated heterocycles. The van der Waals surface area contributed by atoms with E-state index in [9.17, 15) is 53.7 Å². The predicted octanol–water partition coefficient (Wildman–Crippen LogP) is 2.72. The minimum atomic E-state index is -1.92. The van der Waals surface area contributed by atoms with Crippen LogP contribution in [0.1, 0.15) is 113 Å². The molecule has 0 radical (unpaired) electrons. The van der Waals surface area contributed by atoms with Crippen molar-refractivity contribution >= 4 is 47.3 Å². The Morgan fingerprint density at radius 1 is 0.746 bits per heavy atom. The number of carbonyl (C=O) groups excluding carboxylic acids is 8. The van der Waals surface area contributed by atoms with E-state index in [1.807, 2.05) is 0 Å². The second kappa shape index (κ2) is 17.5. The first-order valence-electron chi connectivity index (χ1n) is 19.3. The molecule has 0 aromatic heterocycles. The lowest BCUT2D eigenvalue weighted by atomic mass is 9.74. The highest BCUT2D eigenvalue weighted by Gasteiger charge is 2.53. The Morgan fingerprint density at radius 3 is 1.92 bits per heavy atom. The summed E-state index contributed by atoms with van der Waals surface area (Å²) in [4.78, 5) is 105. The second-order valence-corrected chi connectivity index (χ2v) is 14.9. The van der Waals surface area contributed by atoms with Gasteiger partial charge in [0.1, 0.15) is 35.5 Å². The molecule has 1 fully saturated rings. The molecule has 63 heavy (non-hydrogen) atoms. The van der Waals surface area contributed by atoms with Crippen molar-refractivity contribution in [1.82, 2.24) is 5.32 Å². The SMILES string of the molecule is COC(=O)[C@@H](C)NC(=O)c1c(C)cc2c(c1OC(C)=O)-c1c(cc3c(c1O)C(=O)c1cc(OC)cc(O)c1C3=O)[C@H](O[C@@H]1O[C@H](C)[C@H](OC(C)=O)[C@H](OC(C)=O)[C@H]1OC(C)=O)[C@H]2O. The summed E-state index contributed by atoms with van der Waals surface area (Å²) >= 11 is 0. The van der Waals surface area contributed by atoms with Crippen molar-refractivity contribution in [2.24, 2.45) is 0 Å². The molecule has 20 heteroatoms. The Balaban J connectivity index is 1.65. The summed E-state index contributed by atoms with van der Waals surface area (Å²) in [6.45, 7) is 8.33. The van der Waals surface area contributed by atoms with Crippen molar-refractivity contribution < 1.29 is 91.6 Å². The number of esters is 5. The molecule has 3 aromatic rings. The number of methoxy groups -OCH3 is 2. The molecule has 2 aliphatic carbocycles. The first-order valence-corrected chi connectivity index (χ1v) is 19.3. The average molecular weight is 878 g/mol.